The fraction of sp³-hybridized carbons (Fsp3) is 0.577. The van der Waals surface area contributed by atoms with Crippen molar-refractivity contribution in [3.63, 3.8) is 0 Å². The van der Waals surface area contributed by atoms with Crippen molar-refractivity contribution in [2.75, 3.05) is 5.32 Å². The predicted molar refractivity (Wildman–Crippen MR) is 127 cm³/mol. The smallest absolute Gasteiger partial charge is 0.410 e. The van der Waals surface area contributed by atoms with Gasteiger partial charge in [0.05, 0.1) is 23.4 Å². The molecule has 0 spiro atoms. The molecule has 2 bridgehead atoms. The van der Waals surface area contributed by atoms with Gasteiger partial charge in [0.1, 0.15) is 24.1 Å². The Balaban J connectivity index is 1.27. The van der Waals surface area contributed by atoms with Crippen LogP contribution in [0.4, 0.5) is 20.7 Å². The average molecular weight is 469 g/mol. The largest absolute Gasteiger partial charge is 0.472 e. The summed E-state index contributed by atoms with van der Waals surface area (Å²) in [6.45, 7) is 5.57. The second-order valence-electron chi connectivity index (χ2n) is 10.1. The van der Waals surface area contributed by atoms with Crippen molar-refractivity contribution in [3.8, 4) is 5.88 Å². The van der Waals surface area contributed by atoms with E-state index in [-0.39, 0.29) is 36.2 Å². The summed E-state index contributed by atoms with van der Waals surface area (Å²) >= 11 is 0. The summed E-state index contributed by atoms with van der Waals surface area (Å²) in [5.74, 6) is 1.37. The summed E-state index contributed by atoms with van der Waals surface area (Å²) in [5.41, 5.74) is 2.13. The third-order valence-corrected chi connectivity index (χ3v) is 7.36. The Bertz CT molecular complexity index is 1060. The number of amides is 1. The number of fused-ring (bicyclic) bond motifs is 2. The number of carbonyl (C=O) groups excluding carboxylic acids is 1. The van der Waals surface area contributed by atoms with E-state index in [2.05, 4.69) is 15.3 Å². The quantitative estimate of drug-likeness (QED) is 0.575. The number of carbonyl (C=O) groups is 1. The van der Waals surface area contributed by atoms with Crippen LogP contribution in [0.1, 0.15) is 63.5 Å². The zero-order valence-corrected chi connectivity index (χ0v) is 20.1. The van der Waals surface area contributed by atoms with Gasteiger partial charge in [-0.1, -0.05) is 25.3 Å². The number of benzene rings is 1. The van der Waals surface area contributed by atoms with E-state index in [4.69, 9.17) is 9.47 Å². The van der Waals surface area contributed by atoms with Gasteiger partial charge in [-0.25, -0.2) is 19.2 Å². The molecule has 2 aromatic rings. The van der Waals surface area contributed by atoms with Crippen molar-refractivity contribution in [2.24, 2.45) is 5.92 Å². The van der Waals surface area contributed by atoms with Crippen molar-refractivity contribution >= 4 is 17.6 Å². The minimum Gasteiger partial charge on any atom is -0.472 e. The zero-order valence-electron chi connectivity index (χ0n) is 20.1. The Labute approximate surface area is 200 Å². The zero-order chi connectivity index (χ0) is 23.8. The first kappa shape index (κ1) is 22.9. The molecule has 1 saturated carbocycles. The number of aromatic nitrogens is 2. The van der Waals surface area contributed by atoms with Gasteiger partial charge in [0.2, 0.25) is 5.88 Å². The fourth-order valence-electron chi connectivity index (χ4n) is 5.37. The number of anilines is 2. The Morgan fingerprint density at radius 2 is 2.06 bits per heavy atom. The highest BCUT2D eigenvalue weighted by molar-refractivity contribution is 5.70. The molecule has 8 heteroatoms. The van der Waals surface area contributed by atoms with Gasteiger partial charge in [0.25, 0.3) is 0 Å². The maximum absolute atomic E-state index is 14.8. The van der Waals surface area contributed by atoms with E-state index >= 15 is 0 Å². The van der Waals surface area contributed by atoms with Gasteiger partial charge in [0.15, 0.2) is 0 Å². The van der Waals surface area contributed by atoms with Gasteiger partial charge in [-0.3, -0.25) is 4.90 Å². The van der Waals surface area contributed by atoms with E-state index in [1.165, 1.54) is 25.6 Å². The van der Waals surface area contributed by atoms with Crippen LogP contribution in [-0.2, 0) is 11.2 Å². The van der Waals surface area contributed by atoms with Gasteiger partial charge < -0.3 is 14.8 Å². The van der Waals surface area contributed by atoms with Crippen LogP contribution < -0.4 is 10.1 Å². The Morgan fingerprint density at radius 3 is 2.76 bits per heavy atom. The number of nitrogens with zero attached hydrogens (tertiary/aromatic N) is 3. The molecule has 1 amide bonds. The first-order valence-electron chi connectivity index (χ1n) is 12.4. The van der Waals surface area contributed by atoms with Crippen molar-refractivity contribution in [1.82, 2.24) is 14.9 Å². The van der Waals surface area contributed by atoms with E-state index in [0.29, 0.717) is 28.9 Å². The minimum absolute atomic E-state index is 0.0253. The number of ether oxygens (including phenoxy) is 2. The van der Waals surface area contributed by atoms with E-state index in [1.54, 1.807) is 12.1 Å². The molecule has 3 aliphatic rings. The summed E-state index contributed by atoms with van der Waals surface area (Å²) in [4.78, 5) is 23.0. The SMILES string of the molecule is Cc1c(Nc2ccc(CC3CCC3)cc2F)ncnc1O[C@H]1CC2CCC1N2C(=O)OC(C)C. The van der Waals surface area contributed by atoms with E-state index in [9.17, 15) is 9.18 Å². The van der Waals surface area contributed by atoms with Crippen LogP contribution >= 0.6 is 0 Å². The van der Waals surface area contributed by atoms with E-state index < -0.39 is 0 Å². The Hall–Kier alpha value is -2.90. The van der Waals surface area contributed by atoms with Crippen molar-refractivity contribution in [1.29, 1.82) is 0 Å². The molecule has 3 fully saturated rings. The first-order valence-corrected chi connectivity index (χ1v) is 12.4. The summed E-state index contributed by atoms with van der Waals surface area (Å²) in [5, 5.41) is 3.11. The maximum Gasteiger partial charge on any atom is 0.410 e. The fourth-order valence-corrected chi connectivity index (χ4v) is 5.37. The molecule has 7 nitrogen and oxygen atoms in total. The molecule has 1 aliphatic carbocycles. The Morgan fingerprint density at radius 1 is 1.24 bits per heavy atom. The van der Waals surface area contributed by atoms with E-state index in [1.807, 2.05) is 31.7 Å². The van der Waals surface area contributed by atoms with Crippen LogP contribution in [0, 0.1) is 18.7 Å². The second kappa shape index (κ2) is 9.39. The first-order chi connectivity index (χ1) is 16.4. The lowest BCUT2D eigenvalue weighted by molar-refractivity contribution is 0.0641. The van der Waals surface area contributed by atoms with Crippen LogP contribution in [0.2, 0.25) is 0 Å². The molecular formula is C26H33FN4O3. The van der Waals surface area contributed by atoms with Crippen molar-refractivity contribution in [3.05, 3.63) is 41.5 Å². The van der Waals surface area contributed by atoms with Crippen LogP contribution in [0.25, 0.3) is 0 Å². The van der Waals surface area contributed by atoms with Gasteiger partial charge in [0, 0.05) is 12.5 Å². The highest BCUT2D eigenvalue weighted by Crippen LogP contribution is 2.41. The summed E-state index contributed by atoms with van der Waals surface area (Å²) in [6.07, 6.45) is 8.14. The Kier molecular flexibility index (Phi) is 6.32. The summed E-state index contributed by atoms with van der Waals surface area (Å²) in [6, 6.07) is 5.49. The van der Waals surface area contributed by atoms with Gasteiger partial charge >= 0.3 is 6.09 Å². The molecule has 3 heterocycles. The van der Waals surface area contributed by atoms with E-state index in [0.717, 1.165) is 31.2 Å². The molecule has 182 valence electrons. The molecule has 1 N–H and O–H groups in total. The normalized spacial score (nSPS) is 23.8. The van der Waals surface area contributed by atoms with Gasteiger partial charge in [-0.05, 0) is 63.6 Å². The van der Waals surface area contributed by atoms with Crippen molar-refractivity contribution < 1.29 is 18.7 Å². The highest BCUT2D eigenvalue weighted by atomic mass is 19.1. The molecule has 1 aromatic carbocycles. The highest BCUT2D eigenvalue weighted by Gasteiger charge is 2.51. The molecule has 5 rings (SSSR count). The second-order valence-corrected chi connectivity index (χ2v) is 10.1. The lowest BCUT2D eigenvalue weighted by Gasteiger charge is -2.25. The van der Waals surface area contributed by atoms with Crippen LogP contribution in [0.15, 0.2) is 24.5 Å². The number of rotatable bonds is 7. The van der Waals surface area contributed by atoms with Crippen molar-refractivity contribution in [2.45, 2.75) is 90.0 Å². The summed E-state index contributed by atoms with van der Waals surface area (Å²) in [7, 11) is 0. The molecule has 1 aromatic heterocycles. The monoisotopic (exact) mass is 468 g/mol. The molecule has 3 atom stereocenters. The average Bonchev–Trinajstić information content (AvgIpc) is 3.33. The number of hydrogen-bond acceptors (Lipinski definition) is 6. The number of halogens is 1. The molecule has 2 aliphatic heterocycles. The predicted octanol–water partition coefficient (Wildman–Crippen LogP) is 5.54. The topological polar surface area (TPSA) is 76.6 Å². The third kappa shape index (κ3) is 4.55. The van der Waals surface area contributed by atoms with Crippen LogP contribution in [0.5, 0.6) is 5.88 Å². The number of hydrogen-bond donors (Lipinski definition) is 1. The third-order valence-electron chi connectivity index (χ3n) is 7.36. The van der Waals surface area contributed by atoms with Crippen LogP contribution in [-0.4, -0.2) is 45.3 Å². The van der Waals surface area contributed by atoms with Gasteiger partial charge in [-0.15, -0.1) is 0 Å². The molecule has 2 unspecified atom stereocenters. The molecule has 34 heavy (non-hydrogen) atoms. The molecule has 0 radical (unpaired) electrons. The number of nitrogens with one attached hydrogen (secondary N) is 1. The summed E-state index contributed by atoms with van der Waals surface area (Å²) < 4.78 is 26.5. The lowest BCUT2D eigenvalue weighted by Crippen LogP contribution is -2.40. The molecule has 2 saturated heterocycles. The molecular weight excluding hydrogens is 435 g/mol. The lowest BCUT2D eigenvalue weighted by atomic mass is 9.81. The van der Waals surface area contributed by atoms with Gasteiger partial charge in [-0.2, -0.15) is 0 Å². The van der Waals surface area contributed by atoms with Crippen LogP contribution in [0.3, 0.4) is 0 Å². The maximum atomic E-state index is 14.8. The minimum atomic E-state index is -0.287. The standard InChI is InChI=1S/C26H33FN4O3/c1-15(2)33-26(32)31-19-8-10-22(31)23(13-19)34-25-16(3)24(28-14-29-25)30-21-9-7-18(12-20(21)27)11-17-5-4-6-17/h7,9,12,14-15,17,19,22-23H,4-6,8,10-11,13H2,1-3H3,(H,28,29,30)/t19?,22?,23-/m0/s1.